The third kappa shape index (κ3) is 4.28. The quantitative estimate of drug-likeness (QED) is 0.715. The van der Waals surface area contributed by atoms with Crippen LogP contribution in [0.15, 0.2) is 30.3 Å². The molecule has 1 aromatic rings. The monoisotopic (exact) mass is 181 g/mol. The third-order valence-corrected chi connectivity index (χ3v) is 1.41. The summed E-state index contributed by atoms with van der Waals surface area (Å²) in [7, 11) is 0. The van der Waals surface area contributed by atoms with Gasteiger partial charge >= 0.3 is 5.97 Å². The summed E-state index contributed by atoms with van der Waals surface area (Å²) in [6.07, 6.45) is 0. The van der Waals surface area contributed by atoms with E-state index in [4.69, 9.17) is 10.5 Å². The minimum absolute atomic E-state index is 0. The van der Waals surface area contributed by atoms with Gasteiger partial charge in [-0.25, -0.2) is 0 Å². The molecule has 0 aliphatic heterocycles. The van der Waals surface area contributed by atoms with Crippen LogP contribution in [0.25, 0.3) is 0 Å². The van der Waals surface area contributed by atoms with Crippen molar-refractivity contribution in [3.63, 3.8) is 0 Å². The molecule has 0 atom stereocenters. The molecule has 3 nitrogen and oxygen atoms in total. The van der Waals surface area contributed by atoms with Gasteiger partial charge in [-0.2, -0.15) is 0 Å². The van der Waals surface area contributed by atoms with E-state index >= 15 is 0 Å². The van der Waals surface area contributed by atoms with Crippen molar-refractivity contribution < 1.29 is 9.53 Å². The predicted molar refractivity (Wildman–Crippen MR) is 52.0 cm³/mol. The Kier molecular flexibility index (Phi) is 5.55. The summed E-state index contributed by atoms with van der Waals surface area (Å²) in [4.78, 5) is 10.6. The lowest BCUT2D eigenvalue weighted by Crippen LogP contribution is -2.16. The van der Waals surface area contributed by atoms with Crippen molar-refractivity contribution in [2.75, 3.05) is 6.54 Å². The van der Waals surface area contributed by atoms with Gasteiger partial charge in [0.25, 0.3) is 0 Å². The molecule has 0 aliphatic carbocycles. The van der Waals surface area contributed by atoms with Gasteiger partial charge in [0.2, 0.25) is 0 Å². The van der Waals surface area contributed by atoms with E-state index in [0.29, 0.717) is 6.61 Å². The molecule has 0 saturated heterocycles. The van der Waals surface area contributed by atoms with Gasteiger partial charge in [-0.3, -0.25) is 4.79 Å². The van der Waals surface area contributed by atoms with Gasteiger partial charge in [0.15, 0.2) is 0 Å². The van der Waals surface area contributed by atoms with E-state index in [2.05, 4.69) is 0 Å². The largest absolute Gasteiger partial charge is 0.460 e. The smallest absolute Gasteiger partial charge is 0.320 e. The van der Waals surface area contributed by atoms with Gasteiger partial charge in [0.1, 0.15) is 6.61 Å². The standard InChI is InChI=1S/C9H11NO2.CH4/c10-6-9(11)12-7-8-4-2-1-3-5-8;/h1-5H,6-7,10H2;1H4. The van der Waals surface area contributed by atoms with Crippen LogP contribution in [0.3, 0.4) is 0 Å². The molecule has 0 amide bonds. The molecule has 0 fully saturated rings. The number of ether oxygens (including phenoxy) is 1. The molecule has 0 aliphatic rings. The lowest BCUT2D eigenvalue weighted by Gasteiger charge is -2.01. The molecule has 0 radical (unpaired) electrons. The number of esters is 1. The molecule has 0 saturated carbocycles. The van der Waals surface area contributed by atoms with Gasteiger partial charge in [-0.15, -0.1) is 0 Å². The predicted octanol–water partition coefficient (Wildman–Crippen LogP) is 1.32. The molecule has 0 bridgehead atoms. The van der Waals surface area contributed by atoms with E-state index < -0.39 is 0 Å². The zero-order valence-corrected chi connectivity index (χ0v) is 6.69. The Labute approximate surface area is 78.5 Å². The maximum Gasteiger partial charge on any atom is 0.320 e. The summed E-state index contributed by atoms with van der Waals surface area (Å²) >= 11 is 0. The highest BCUT2D eigenvalue weighted by molar-refractivity contribution is 5.71. The van der Waals surface area contributed by atoms with Crippen LogP contribution in [0.4, 0.5) is 0 Å². The highest BCUT2D eigenvalue weighted by atomic mass is 16.5. The zero-order chi connectivity index (χ0) is 8.81. The van der Waals surface area contributed by atoms with E-state index in [9.17, 15) is 4.79 Å². The first-order valence-corrected chi connectivity index (χ1v) is 3.72. The fourth-order valence-corrected chi connectivity index (χ4v) is 0.797. The Bertz CT molecular complexity index is 246. The molecule has 3 heteroatoms. The van der Waals surface area contributed by atoms with Crippen molar-refractivity contribution in [1.82, 2.24) is 0 Å². The first kappa shape index (κ1) is 11.6. The molecule has 0 spiro atoms. The molecular formula is C10H15NO2. The molecule has 1 rings (SSSR count). The van der Waals surface area contributed by atoms with Crippen LogP contribution < -0.4 is 5.73 Å². The van der Waals surface area contributed by atoms with E-state index in [-0.39, 0.29) is 19.9 Å². The number of nitrogens with two attached hydrogens (primary N) is 1. The molecular weight excluding hydrogens is 166 g/mol. The first-order chi connectivity index (χ1) is 5.83. The molecule has 0 unspecified atom stereocenters. The zero-order valence-electron chi connectivity index (χ0n) is 6.69. The Hall–Kier alpha value is -1.35. The van der Waals surface area contributed by atoms with Crippen molar-refractivity contribution in [3.8, 4) is 0 Å². The summed E-state index contributed by atoms with van der Waals surface area (Å²) < 4.78 is 4.81. The van der Waals surface area contributed by atoms with Crippen LogP contribution in [0.5, 0.6) is 0 Å². The molecule has 0 heterocycles. The van der Waals surface area contributed by atoms with Crippen molar-refractivity contribution >= 4 is 5.97 Å². The fraction of sp³-hybridized carbons (Fsp3) is 0.300. The van der Waals surface area contributed by atoms with Crippen molar-refractivity contribution in [1.29, 1.82) is 0 Å². The highest BCUT2D eigenvalue weighted by Gasteiger charge is 1.97. The minimum atomic E-state index is -0.376. The third-order valence-electron chi connectivity index (χ3n) is 1.41. The number of carbonyl (C=O) groups excluding carboxylic acids is 1. The first-order valence-electron chi connectivity index (χ1n) is 3.72. The molecule has 13 heavy (non-hydrogen) atoms. The number of carbonyl (C=O) groups is 1. The maximum absolute atomic E-state index is 10.6. The number of benzene rings is 1. The second-order valence-corrected chi connectivity index (χ2v) is 2.35. The average molecular weight is 181 g/mol. The van der Waals surface area contributed by atoms with Crippen LogP contribution >= 0.6 is 0 Å². The second kappa shape index (κ2) is 6.20. The van der Waals surface area contributed by atoms with Crippen LogP contribution in [-0.2, 0) is 16.1 Å². The van der Waals surface area contributed by atoms with Crippen molar-refractivity contribution in [3.05, 3.63) is 35.9 Å². The van der Waals surface area contributed by atoms with Crippen molar-refractivity contribution in [2.45, 2.75) is 14.0 Å². The normalized spacial score (nSPS) is 8.69. The fourth-order valence-electron chi connectivity index (χ4n) is 0.797. The van der Waals surface area contributed by atoms with Gasteiger partial charge in [0.05, 0.1) is 6.54 Å². The van der Waals surface area contributed by atoms with E-state index in [1.165, 1.54) is 0 Å². The van der Waals surface area contributed by atoms with Crippen molar-refractivity contribution in [2.24, 2.45) is 5.73 Å². The minimum Gasteiger partial charge on any atom is -0.460 e. The Morgan fingerprint density at radius 1 is 1.31 bits per heavy atom. The Balaban J connectivity index is 0.00000144. The number of hydrogen-bond donors (Lipinski definition) is 1. The lowest BCUT2D eigenvalue weighted by molar-refractivity contribution is -0.143. The summed E-state index contributed by atoms with van der Waals surface area (Å²) in [5.74, 6) is -0.376. The number of hydrogen-bond acceptors (Lipinski definition) is 3. The highest BCUT2D eigenvalue weighted by Crippen LogP contribution is 1.99. The number of rotatable bonds is 3. The molecule has 1 aromatic carbocycles. The van der Waals surface area contributed by atoms with Crippen LogP contribution in [0, 0.1) is 0 Å². The topological polar surface area (TPSA) is 52.3 Å². The summed E-state index contributed by atoms with van der Waals surface area (Å²) in [5, 5.41) is 0. The van der Waals surface area contributed by atoms with Gasteiger partial charge < -0.3 is 10.5 Å². The van der Waals surface area contributed by atoms with E-state index in [0.717, 1.165) is 5.56 Å². The van der Waals surface area contributed by atoms with E-state index in [1.54, 1.807) is 0 Å². The average Bonchev–Trinajstić information content (AvgIpc) is 2.16. The van der Waals surface area contributed by atoms with Crippen LogP contribution in [0.1, 0.15) is 13.0 Å². The lowest BCUT2D eigenvalue weighted by atomic mass is 10.2. The van der Waals surface area contributed by atoms with Crippen LogP contribution in [0.2, 0.25) is 0 Å². The summed E-state index contributed by atoms with van der Waals surface area (Å²) in [6, 6.07) is 9.49. The summed E-state index contributed by atoms with van der Waals surface area (Å²) in [6.45, 7) is 0.240. The van der Waals surface area contributed by atoms with Gasteiger partial charge in [-0.05, 0) is 5.56 Å². The Morgan fingerprint density at radius 3 is 2.46 bits per heavy atom. The van der Waals surface area contributed by atoms with E-state index in [1.807, 2.05) is 30.3 Å². The summed E-state index contributed by atoms with van der Waals surface area (Å²) in [5.41, 5.74) is 6.03. The Morgan fingerprint density at radius 2 is 1.92 bits per heavy atom. The van der Waals surface area contributed by atoms with Crippen LogP contribution in [-0.4, -0.2) is 12.5 Å². The second-order valence-electron chi connectivity index (χ2n) is 2.35. The van der Waals surface area contributed by atoms with Gasteiger partial charge in [-0.1, -0.05) is 37.8 Å². The molecule has 0 aromatic heterocycles. The SMILES string of the molecule is C.NCC(=O)OCc1ccccc1. The maximum atomic E-state index is 10.6. The molecule has 72 valence electrons. The molecule has 2 N–H and O–H groups in total. The van der Waals surface area contributed by atoms with Gasteiger partial charge in [0, 0.05) is 0 Å².